The van der Waals surface area contributed by atoms with E-state index in [0.29, 0.717) is 0 Å². The SMILES string of the molecule is Cn1ccn(C(C)(C)C)[c]1=[Pt].IN(I)C1CCC1. The van der Waals surface area contributed by atoms with Gasteiger partial charge in [0.05, 0.1) is 0 Å². The first-order valence-corrected chi connectivity index (χ1v) is 9.10. The van der Waals surface area contributed by atoms with E-state index < -0.39 is 0 Å². The van der Waals surface area contributed by atoms with Gasteiger partial charge in [-0.3, -0.25) is 0 Å². The average Bonchev–Trinajstić information content (AvgIpc) is 2.43. The molecule has 1 fully saturated rings. The smallest absolute Gasteiger partial charge is 0.0311 e. The second kappa shape index (κ2) is 7.36. The number of hydrogen-bond acceptors (Lipinski definition) is 1. The Balaban J connectivity index is 0.000000199. The van der Waals surface area contributed by atoms with Crippen molar-refractivity contribution >= 4 is 45.7 Å². The second-order valence-electron chi connectivity index (χ2n) is 5.54. The van der Waals surface area contributed by atoms with Crippen LogP contribution in [0.2, 0.25) is 0 Å². The van der Waals surface area contributed by atoms with Gasteiger partial charge in [0.25, 0.3) is 0 Å². The van der Waals surface area contributed by atoms with Crippen LogP contribution >= 0.6 is 45.7 Å². The molecule has 1 aromatic rings. The summed E-state index contributed by atoms with van der Waals surface area (Å²) < 4.78 is 7.89. The van der Waals surface area contributed by atoms with Gasteiger partial charge in [0.1, 0.15) is 0 Å². The largest absolute Gasteiger partial charge is 0.185 e. The van der Waals surface area contributed by atoms with Crippen LogP contribution in [0.5, 0.6) is 0 Å². The molecule has 1 aromatic heterocycles. The predicted octanol–water partition coefficient (Wildman–Crippen LogP) is 4.20. The zero-order chi connectivity index (χ0) is 13.9. The monoisotopic (exact) mass is 656 g/mol. The van der Waals surface area contributed by atoms with Crippen LogP contribution in [0.25, 0.3) is 0 Å². The van der Waals surface area contributed by atoms with Crippen molar-refractivity contribution in [3.05, 3.63) is 16.2 Å². The third-order valence-electron chi connectivity index (χ3n) is 2.97. The molecule has 0 aromatic carbocycles. The molecule has 2 rings (SSSR count). The molecular formula is C12H21I2N3Pt. The summed E-state index contributed by atoms with van der Waals surface area (Å²) >= 11 is 7.01. The first-order chi connectivity index (χ1) is 8.23. The third kappa shape index (κ3) is 5.02. The number of nitrogens with zero attached hydrogens (tertiary/aromatic N) is 3. The van der Waals surface area contributed by atoms with Crippen molar-refractivity contribution in [2.45, 2.75) is 51.6 Å². The molecule has 0 spiro atoms. The molecule has 1 aliphatic carbocycles. The van der Waals surface area contributed by atoms with Crippen molar-refractivity contribution in [3.8, 4) is 0 Å². The van der Waals surface area contributed by atoms with Crippen LogP contribution in [0.4, 0.5) is 0 Å². The minimum Gasteiger partial charge on any atom is -0.185 e. The van der Waals surface area contributed by atoms with Crippen LogP contribution in [0.15, 0.2) is 12.4 Å². The minimum absolute atomic E-state index is 0.193. The van der Waals surface area contributed by atoms with Gasteiger partial charge in [0.2, 0.25) is 0 Å². The predicted molar refractivity (Wildman–Crippen MR) is 89.2 cm³/mol. The molecule has 0 aliphatic heterocycles. The van der Waals surface area contributed by atoms with Gasteiger partial charge < -0.3 is 0 Å². The fourth-order valence-electron chi connectivity index (χ4n) is 1.51. The maximum Gasteiger partial charge on any atom is 0.0311 e. The number of imidazole rings is 1. The standard InChI is InChI=1S/C8H14N2.C4H7I2N.Pt/c1-8(2,3)10-6-5-9(4)7-10;5-7(6)4-2-1-3-4;/h5-6H,1-4H3;4H,1-3H2;. The van der Waals surface area contributed by atoms with E-state index in [2.05, 4.69) is 116 Å². The Kier molecular flexibility index (Phi) is 7.10. The van der Waals surface area contributed by atoms with E-state index >= 15 is 0 Å². The Morgan fingerprint density at radius 1 is 1.28 bits per heavy atom. The number of halogens is 2. The topological polar surface area (TPSA) is 13.1 Å². The van der Waals surface area contributed by atoms with E-state index in [9.17, 15) is 0 Å². The number of rotatable bonds is 1. The Bertz CT molecular complexity index is 427. The Morgan fingerprint density at radius 2 is 1.83 bits per heavy atom. The maximum absolute atomic E-state index is 2.34. The van der Waals surface area contributed by atoms with Crippen LogP contribution in [-0.2, 0) is 31.9 Å². The van der Waals surface area contributed by atoms with Crippen LogP contribution in [-0.4, -0.2) is 16.5 Å². The van der Waals surface area contributed by atoms with Crippen molar-refractivity contribution in [2.24, 2.45) is 7.05 Å². The van der Waals surface area contributed by atoms with Gasteiger partial charge in [-0.1, -0.05) is 6.42 Å². The van der Waals surface area contributed by atoms with E-state index in [1.165, 1.54) is 23.1 Å². The van der Waals surface area contributed by atoms with Crippen molar-refractivity contribution in [3.63, 3.8) is 0 Å². The van der Waals surface area contributed by atoms with E-state index in [-0.39, 0.29) is 5.54 Å². The van der Waals surface area contributed by atoms with Gasteiger partial charge in [-0.05, 0) is 12.8 Å². The molecular weight excluding hydrogens is 635 g/mol. The molecule has 0 bridgehead atoms. The molecule has 1 saturated carbocycles. The molecule has 0 saturated heterocycles. The number of aryl methyl sites for hydroxylation is 1. The molecule has 3 nitrogen and oxygen atoms in total. The molecule has 0 atom stereocenters. The Morgan fingerprint density at radius 3 is 1.94 bits per heavy atom. The van der Waals surface area contributed by atoms with Gasteiger partial charge in [0, 0.05) is 51.8 Å². The van der Waals surface area contributed by atoms with Crippen LogP contribution in [0.3, 0.4) is 0 Å². The van der Waals surface area contributed by atoms with Gasteiger partial charge in [-0.15, -0.1) is 0 Å². The van der Waals surface area contributed by atoms with E-state index in [1.54, 1.807) is 0 Å². The maximum atomic E-state index is 2.34. The molecule has 0 radical (unpaired) electrons. The molecule has 0 unspecified atom stereocenters. The normalized spacial score (nSPS) is 16.3. The fourth-order valence-corrected chi connectivity index (χ4v) is 3.73. The van der Waals surface area contributed by atoms with Gasteiger partial charge in [-0.25, -0.2) is 0 Å². The molecule has 108 valence electrons. The van der Waals surface area contributed by atoms with Gasteiger partial charge in [0.15, 0.2) is 0 Å². The Hall–Kier alpha value is 1.32. The summed E-state index contributed by atoms with van der Waals surface area (Å²) in [6.45, 7) is 6.61. The molecule has 6 heteroatoms. The summed E-state index contributed by atoms with van der Waals surface area (Å²) in [6, 6.07) is 0.890. The minimum atomic E-state index is 0.193. The second-order valence-corrected chi connectivity index (χ2v) is 10.5. The number of hydrogen-bond donors (Lipinski definition) is 0. The van der Waals surface area contributed by atoms with Gasteiger partial charge >= 0.3 is 78.0 Å². The van der Waals surface area contributed by atoms with Crippen molar-refractivity contribution in [2.75, 3.05) is 0 Å². The van der Waals surface area contributed by atoms with Crippen molar-refractivity contribution in [1.29, 1.82) is 0 Å². The quantitative estimate of drug-likeness (QED) is 0.327. The molecule has 0 amide bonds. The molecule has 1 heterocycles. The molecule has 18 heavy (non-hydrogen) atoms. The number of aromatic nitrogens is 2. The summed E-state index contributed by atoms with van der Waals surface area (Å²) in [7, 11) is 2.06. The summed E-state index contributed by atoms with van der Waals surface area (Å²) in [5.41, 5.74) is 0.193. The van der Waals surface area contributed by atoms with Gasteiger partial charge in [-0.2, -0.15) is 1.33 Å². The zero-order valence-electron chi connectivity index (χ0n) is 11.3. The first kappa shape index (κ1) is 17.4. The summed E-state index contributed by atoms with van der Waals surface area (Å²) in [6.07, 6.45) is 8.45. The van der Waals surface area contributed by atoms with Crippen LogP contribution in [0.1, 0.15) is 40.0 Å². The van der Waals surface area contributed by atoms with E-state index in [4.69, 9.17) is 0 Å². The fraction of sp³-hybridized carbons (Fsp3) is 0.750. The first-order valence-electron chi connectivity index (χ1n) is 6.04. The average molecular weight is 656 g/mol. The molecule has 0 N–H and O–H groups in total. The summed E-state index contributed by atoms with van der Waals surface area (Å²) in [5, 5.41) is 0. The third-order valence-corrected chi connectivity index (χ3v) is 5.89. The Labute approximate surface area is 149 Å². The van der Waals surface area contributed by atoms with Crippen molar-refractivity contribution < 1.29 is 19.4 Å². The van der Waals surface area contributed by atoms with Crippen LogP contribution in [0, 0.1) is 3.80 Å². The van der Waals surface area contributed by atoms with E-state index in [0.717, 1.165) is 6.04 Å². The molecule has 1 aliphatic rings. The summed E-state index contributed by atoms with van der Waals surface area (Å²) in [4.78, 5) is 0. The van der Waals surface area contributed by atoms with Crippen molar-refractivity contribution in [1.82, 2.24) is 10.5 Å². The zero-order valence-corrected chi connectivity index (χ0v) is 17.9. The van der Waals surface area contributed by atoms with E-state index in [1.807, 2.05) is 0 Å². The van der Waals surface area contributed by atoms with Crippen LogP contribution < -0.4 is 0 Å². The summed E-state index contributed by atoms with van der Waals surface area (Å²) in [5.74, 6) is 0.